The van der Waals surface area contributed by atoms with Crippen LogP contribution < -0.4 is 0 Å². The molecule has 0 bridgehead atoms. The van der Waals surface area contributed by atoms with Crippen LogP contribution in [0.1, 0.15) is 32.6 Å². The van der Waals surface area contributed by atoms with Gasteiger partial charge in [0.15, 0.2) is 0 Å². The summed E-state index contributed by atoms with van der Waals surface area (Å²) in [6, 6.07) is 0.300. The summed E-state index contributed by atoms with van der Waals surface area (Å²) in [6.07, 6.45) is 3.74. The number of thioether (sulfide) groups is 1. The fourth-order valence-corrected chi connectivity index (χ4v) is 2.76. The van der Waals surface area contributed by atoms with Crippen molar-refractivity contribution in [2.75, 3.05) is 24.6 Å². The predicted octanol–water partition coefficient (Wildman–Crippen LogP) is 2.07. The van der Waals surface area contributed by atoms with Crippen molar-refractivity contribution in [3.8, 4) is 0 Å². The van der Waals surface area contributed by atoms with E-state index < -0.39 is 5.97 Å². The molecule has 1 atom stereocenters. The minimum atomic E-state index is -0.658. The molecule has 1 N–H and O–H groups in total. The Hall–Kier alpha value is -0.220. The molecule has 3 nitrogen and oxygen atoms in total. The van der Waals surface area contributed by atoms with Crippen molar-refractivity contribution < 1.29 is 9.90 Å². The minimum Gasteiger partial charge on any atom is -0.481 e. The van der Waals surface area contributed by atoms with Gasteiger partial charge in [0.05, 0.1) is 6.42 Å². The number of carbonyl (C=O) groups is 1. The first-order valence-corrected chi connectivity index (χ1v) is 6.93. The van der Waals surface area contributed by atoms with Crippen molar-refractivity contribution in [2.24, 2.45) is 0 Å². The summed E-state index contributed by atoms with van der Waals surface area (Å²) >= 11 is 1.96. The van der Waals surface area contributed by atoms with E-state index >= 15 is 0 Å². The van der Waals surface area contributed by atoms with Crippen LogP contribution in [0.15, 0.2) is 0 Å². The van der Waals surface area contributed by atoms with Crippen LogP contribution in [-0.2, 0) is 4.79 Å². The summed E-state index contributed by atoms with van der Waals surface area (Å²) < 4.78 is 0. The van der Waals surface area contributed by atoms with Gasteiger partial charge in [-0.05, 0) is 43.9 Å². The highest BCUT2D eigenvalue weighted by Gasteiger charge is 2.25. The third-order valence-corrected chi connectivity index (χ3v) is 3.83. The standard InChI is InChI=1S/C11H21NO2S/c1-2-15-8-4-7-12-6-3-5-10(12)9-11(13)14/h10H,2-9H2,1H3,(H,13,14). The van der Waals surface area contributed by atoms with Crippen molar-refractivity contribution in [2.45, 2.75) is 38.6 Å². The highest BCUT2D eigenvalue weighted by Crippen LogP contribution is 2.20. The summed E-state index contributed by atoms with van der Waals surface area (Å²) in [7, 11) is 0. The first-order valence-electron chi connectivity index (χ1n) is 5.77. The van der Waals surface area contributed by atoms with Crippen LogP contribution in [0.2, 0.25) is 0 Å². The van der Waals surface area contributed by atoms with Crippen molar-refractivity contribution in [1.29, 1.82) is 0 Å². The zero-order valence-electron chi connectivity index (χ0n) is 9.45. The summed E-state index contributed by atoms with van der Waals surface area (Å²) in [4.78, 5) is 13.0. The third-order valence-electron chi connectivity index (χ3n) is 2.85. The molecule has 1 aliphatic heterocycles. The van der Waals surface area contributed by atoms with Gasteiger partial charge in [-0.3, -0.25) is 9.69 Å². The van der Waals surface area contributed by atoms with Gasteiger partial charge < -0.3 is 5.11 Å². The molecule has 1 aliphatic rings. The number of carboxylic acids is 1. The van der Waals surface area contributed by atoms with Crippen molar-refractivity contribution in [3.63, 3.8) is 0 Å². The Bertz CT molecular complexity index is 199. The van der Waals surface area contributed by atoms with Crippen molar-refractivity contribution >= 4 is 17.7 Å². The van der Waals surface area contributed by atoms with Gasteiger partial charge in [-0.15, -0.1) is 0 Å². The Kier molecular flexibility index (Phi) is 6.10. The number of hydrogen-bond donors (Lipinski definition) is 1. The van der Waals surface area contributed by atoms with Crippen molar-refractivity contribution in [3.05, 3.63) is 0 Å². The molecule has 88 valence electrons. The molecular formula is C11H21NO2S. The van der Waals surface area contributed by atoms with Gasteiger partial charge in [-0.2, -0.15) is 11.8 Å². The van der Waals surface area contributed by atoms with E-state index in [1.165, 1.54) is 24.3 Å². The normalized spacial score (nSPS) is 22.1. The van der Waals surface area contributed by atoms with E-state index in [4.69, 9.17) is 5.11 Å². The molecule has 15 heavy (non-hydrogen) atoms. The SMILES string of the molecule is CCSCCCN1CCCC1CC(=O)O. The number of hydrogen-bond acceptors (Lipinski definition) is 3. The van der Waals surface area contributed by atoms with Gasteiger partial charge in [0.2, 0.25) is 0 Å². The Morgan fingerprint density at radius 3 is 3.07 bits per heavy atom. The fourth-order valence-electron chi connectivity index (χ4n) is 2.14. The zero-order chi connectivity index (χ0) is 11.1. The van der Waals surface area contributed by atoms with Crippen molar-refractivity contribution in [1.82, 2.24) is 4.90 Å². The molecule has 1 heterocycles. The van der Waals surface area contributed by atoms with Gasteiger partial charge in [0.1, 0.15) is 0 Å². The lowest BCUT2D eigenvalue weighted by Crippen LogP contribution is -2.32. The second-order valence-corrected chi connectivity index (χ2v) is 5.37. The quantitative estimate of drug-likeness (QED) is 0.681. The minimum absolute atomic E-state index is 0.300. The zero-order valence-corrected chi connectivity index (χ0v) is 10.3. The lowest BCUT2D eigenvalue weighted by molar-refractivity contribution is -0.138. The van der Waals surface area contributed by atoms with E-state index in [9.17, 15) is 4.79 Å². The molecule has 0 aromatic rings. The van der Waals surface area contributed by atoms with E-state index in [2.05, 4.69) is 11.8 Å². The van der Waals surface area contributed by atoms with Crippen LogP contribution in [0.5, 0.6) is 0 Å². The van der Waals surface area contributed by atoms with Gasteiger partial charge in [-0.1, -0.05) is 6.92 Å². The van der Waals surface area contributed by atoms with Gasteiger partial charge in [0.25, 0.3) is 0 Å². The molecule has 1 saturated heterocycles. The Morgan fingerprint density at radius 2 is 2.40 bits per heavy atom. The molecule has 0 aromatic heterocycles. The molecule has 0 amide bonds. The van der Waals surface area contributed by atoms with Crippen LogP contribution in [-0.4, -0.2) is 46.6 Å². The van der Waals surface area contributed by atoms with Gasteiger partial charge >= 0.3 is 5.97 Å². The second kappa shape index (κ2) is 7.12. The smallest absolute Gasteiger partial charge is 0.304 e. The van der Waals surface area contributed by atoms with Crippen LogP contribution >= 0.6 is 11.8 Å². The summed E-state index contributed by atoms with van der Waals surface area (Å²) in [6.45, 7) is 4.34. The molecule has 1 fully saturated rings. The van der Waals surface area contributed by atoms with E-state index in [-0.39, 0.29) is 0 Å². The maximum Gasteiger partial charge on any atom is 0.304 e. The summed E-state index contributed by atoms with van der Waals surface area (Å²) in [5.74, 6) is 1.72. The molecule has 0 spiro atoms. The number of carboxylic acid groups (broad SMARTS) is 1. The average Bonchev–Trinajstić information content (AvgIpc) is 2.59. The van der Waals surface area contributed by atoms with Crippen LogP contribution in [0, 0.1) is 0 Å². The molecule has 0 saturated carbocycles. The molecule has 0 aliphatic carbocycles. The van der Waals surface area contributed by atoms with E-state index in [1.807, 2.05) is 11.8 Å². The Labute approximate surface area is 96.2 Å². The summed E-state index contributed by atoms with van der Waals surface area (Å²) in [5.41, 5.74) is 0. The van der Waals surface area contributed by atoms with E-state index in [0.717, 1.165) is 19.5 Å². The predicted molar refractivity (Wildman–Crippen MR) is 64.5 cm³/mol. The molecular weight excluding hydrogens is 210 g/mol. The third kappa shape index (κ3) is 4.89. The fraction of sp³-hybridized carbons (Fsp3) is 0.909. The largest absolute Gasteiger partial charge is 0.481 e. The highest BCUT2D eigenvalue weighted by atomic mass is 32.2. The molecule has 4 heteroatoms. The lowest BCUT2D eigenvalue weighted by Gasteiger charge is -2.22. The van der Waals surface area contributed by atoms with Crippen LogP contribution in [0.25, 0.3) is 0 Å². The second-order valence-electron chi connectivity index (χ2n) is 3.98. The monoisotopic (exact) mass is 231 g/mol. The Balaban J connectivity index is 2.18. The van der Waals surface area contributed by atoms with Gasteiger partial charge in [0, 0.05) is 6.04 Å². The average molecular weight is 231 g/mol. The van der Waals surface area contributed by atoms with Gasteiger partial charge in [-0.25, -0.2) is 0 Å². The van der Waals surface area contributed by atoms with Crippen LogP contribution in [0.3, 0.4) is 0 Å². The number of aliphatic carboxylic acids is 1. The van der Waals surface area contributed by atoms with E-state index in [1.54, 1.807) is 0 Å². The molecule has 1 rings (SSSR count). The molecule has 0 aromatic carbocycles. The van der Waals surface area contributed by atoms with Crippen LogP contribution in [0.4, 0.5) is 0 Å². The first-order chi connectivity index (χ1) is 7.24. The number of rotatable bonds is 7. The summed E-state index contributed by atoms with van der Waals surface area (Å²) in [5, 5.41) is 8.77. The first kappa shape index (κ1) is 12.8. The number of likely N-dealkylation sites (tertiary alicyclic amines) is 1. The lowest BCUT2D eigenvalue weighted by atomic mass is 10.1. The highest BCUT2D eigenvalue weighted by molar-refractivity contribution is 7.99. The molecule has 1 unspecified atom stereocenters. The Morgan fingerprint density at radius 1 is 1.60 bits per heavy atom. The molecule has 0 radical (unpaired) electrons. The van der Waals surface area contributed by atoms with E-state index in [0.29, 0.717) is 12.5 Å². The number of nitrogens with zero attached hydrogens (tertiary/aromatic N) is 1. The topological polar surface area (TPSA) is 40.5 Å². The maximum atomic E-state index is 10.6. The maximum absolute atomic E-state index is 10.6.